The molecule has 0 aliphatic carbocycles. The molecule has 1 aromatic rings. The van der Waals surface area contributed by atoms with E-state index in [4.69, 9.17) is 0 Å². The van der Waals surface area contributed by atoms with Crippen LogP contribution in [0.1, 0.15) is 12.5 Å². The van der Waals surface area contributed by atoms with Gasteiger partial charge in [0.25, 0.3) is 0 Å². The molecule has 5 heteroatoms. The minimum atomic E-state index is -4.58. The summed E-state index contributed by atoms with van der Waals surface area (Å²) in [7, 11) is -4.58. The summed E-state index contributed by atoms with van der Waals surface area (Å²) in [6.07, 6.45) is 0. The van der Waals surface area contributed by atoms with Crippen molar-refractivity contribution in [2.45, 2.75) is 12.7 Å². The van der Waals surface area contributed by atoms with Gasteiger partial charge in [0.2, 0.25) is 0 Å². The molecule has 14 heavy (non-hydrogen) atoms. The molecule has 0 saturated heterocycles. The molecule has 0 radical (unpaired) electrons. The Morgan fingerprint density at radius 2 is 2.07 bits per heavy atom. The molecule has 0 aliphatic heterocycles. The van der Waals surface area contributed by atoms with E-state index in [1.54, 1.807) is 0 Å². The van der Waals surface area contributed by atoms with Crippen molar-refractivity contribution >= 4 is 9.63 Å². The van der Waals surface area contributed by atoms with Gasteiger partial charge in [0, 0.05) is 5.75 Å². The number of hydrogen-bond donors (Lipinski definition) is 2. The topological polar surface area (TPSA) is 57.5 Å². The molecule has 3 nitrogen and oxygen atoms in total. The molecule has 0 amide bonds. The third-order valence-electron chi connectivity index (χ3n) is 1.93. The average Bonchev–Trinajstić information content (AvgIpc) is 2.02. The summed E-state index contributed by atoms with van der Waals surface area (Å²) in [5.74, 6) is -1.17. The summed E-state index contributed by atoms with van der Waals surface area (Å²) in [5, 5.41) is 0. The highest BCUT2D eigenvalue weighted by Crippen LogP contribution is 2.22. The van der Waals surface area contributed by atoms with Gasteiger partial charge in [-0.2, -0.15) is 0 Å². The summed E-state index contributed by atoms with van der Waals surface area (Å²) >= 11 is 0. The largest absolute Gasteiger partial charge is 0.307 e. The van der Waals surface area contributed by atoms with Gasteiger partial charge < -0.3 is 9.11 Å². The second-order valence-electron chi connectivity index (χ2n) is 3.25. The van der Waals surface area contributed by atoms with Crippen molar-refractivity contribution < 1.29 is 17.7 Å². The Bertz CT molecular complexity index is 397. The molecule has 0 aromatic heterocycles. The van der Waals surface area contributed by atoms with Crippen LogP contribution in [0.2, 0.25) is 0 Å². The number of halogens is 1. The molecule has 0 saturated carbocycles. The monoisotopic (exact) mass is 220 g/mol. The first-order valence-electron chi connectivity index (χ1n) is 4.18. The Kier molecular flexibility index (Phi) is 2.76. The molecule has 1 aromatic carbocycles. The van der Waals surface area contributed by atoms with Gasteiger partial charge in [-0.1, -0.05) is 19.1 Å². The Labute approximate surface area is 82.0 Å². The Morgan fingerprint density at radius 1 is 1.43 bits per heavy atom. The molecule has 2 N–H and O–H groups in total. The van der Waals surface area contributed by atoms with E-state index in [1.807, 2.05) is 0 Å². The normalized spacial score (nSPS) is 14.7. The van der Waals surface area contributed by atoms with Gasteiger partial charge in [-0.05, 0) is 17.7 Å². The molecule has 0 spiro atoms. The van der Waals surface area contributed by atoms with Gasteiger partial charge in [0.05, 0.1) is 15.4 Å². The van der Waals surface area contributed by atoms with Crippen LogP contribution in [0.15, 0.2) is 24.3 Å². The first-order chi connectivity index (χ1) is 6.30. The van der Waals surface area contributed by atoms with Crippen molar-refractivity contribution in [3.05, 3.63) is 35.6 Å². The molecule has 80 valence electrons. The zero-order chi connectivity index (χ0) is 10.8. The number of hydrogen-bond acceptors (Lipinski definition) is 1. The fourth-order valence-electron chi connectivity index (χ4n) is 1.06. The lowest BCUT2D eigenvalue weighted by Crippen LogP contribution is -2.35. The van der Waals surface area contributed by atoms with Crippen LogP contribution < -0.4 is 0 Å². The second-order valence-corrected chi connectivity index (χ2v) is 6.49. The molecule has 0 unspecified atom stereocenters. The predicted molar refractivity (Wildman–Crippen MR) is 54.0 cm³/mol. The van der Waals surface area contributed by atoms with Crippen LogP contribution in [0.5, 0.6) is 0 Å². The van der Waals surface area contributed by atoms with E-state index >= 15 is 0 Å². The SMILES string of the molecule is CCS(=O)(O)(O)Cc1cccc(F)c1. The van der Waals surface area contributed by atoms with Crippen LogP contribution in [-0.4, -0.2) is 19.1 Å². The number of rotatable bonds is 3. The quantitative estimate of drug-likeness (QED) is 0.820. The molecule has 1 rings (SSSR count). The highest BCUT2D eigenvalue weighted by atomic mass is 32.3. The fourth-order valence-corrected chi connectivity index (χ4v) is 2.12. The Hall–Kier alpha value is -0.780. The fraction of sp³-hybridized carbons (Fsp3) is 0.333. The lowest BCUT2D eigenvalue weighted by molar-refractivity contribution is 0.390. The van der Waals surface area contributed by atoms with E-state index in [2.05, 4.69) is 0 Å². The summed E-state index contributed by atoms with van der Waals surface area (Å²) in [6, 6.07) is 5.30. The summed E-state index contributed by atoms with van der Waals surface area (Å²) < 4.78 is 42.8. The third-order valence-corrected chi connectivity index (χ3v) is 4.00. The molecule has 0 heterocycles. The molecule has 0 atom stereocenters. The predicted octanol–water partition coefficient (Wildman–Crippen LogP) is 2.11. The highest BCUT2D eigenvalue weighted by Gasteiger charge is 2.27. The van der Waals surface area contributed by atoms with Crippen molar-refractivity contribution in [3.63, 3.8) is 0 Å². The van der Waals surface area contributed by atoms with Crippen molar-refractivity contribution in [1.82, 2.24) is 0 Å². The van der Waals surface area contributed by atoms with Crippen molar-refractivity contribution in [3.8, 4) is 0 Å². The maximum Gasteiger partial charge on any atom is 0.123 e. The molecular formula is C9H13FO3S. The second kappa shape index (κ2) is 3.42. The van der Waals surface area contributed by atoms with Gasteiger partial charge in [0.15, 0.2) is 0 Å². The molecule has 0 aliphatic rings. The van der Waals surface area contributed by atoms with Gasteiger partial charge >= 0.3 is 0 Å². The van der Waals surface area contributed by atoms with E-state index in [9.17, 15) is 17.7 Å². The Morgan fingerprint density at radius 3 is 2.57 bits per heavy atom. The summed E-state index contributed by atoms with van der Waals surface area (Å²) in [4.78, 5) is 0. The molecule has 0 bridgehead atoms. The molecule has 0 fully saturated rings. The van der Waals surface area contributed by atoms with Crippen molar-refractivity contribution in [2.24, 2.45) is 0 Å². The van der Waals surface area contributed by atoms with Crippen LogP contribution >= 0.6 is 0 Å². The standard InChI is InChI=1S/C9H13FO3S/c1-2-14(11,12,13)7-8-4-3-5-9(10)6-8/h3-6H,2,7H2,1H3,(H2,11,12,13). The zero-order valence-corrected chi connectivity index (χ0v) is 8.63. The third kappa shape index (κ3) is 3.17. The number of benzene rings is 1. The Balaban J connectivity index is 2.95. The van der Waals surface area contributed by atoms with Gasteiger partial charge in [-0.15, -0.1) is 0 Å². The minimum absolute atomic E-state index is 0.256. The minimum Gasteiger partial charge on any atom is -0.307 e. The maximum atomic E-state index is 12.7. The average molecular weight is 220 g/mol. The van der Waals surface area contributed by atoms with Gasteiger partial charge in [-0.3, -0.25) is 0 Å². The zero-order valence-electron chi connectivity index (χ0n) is 7.81. The maximum absolute atomic E-state index is 12.7. The van der Waals surface area contributed by atoms with Crippen molar-refractivity contribution in [2.75, 3.05) is 5.75 Å². The summed E-state index contributed by atoms with van der Waals surface area (Å²) in [6.45, 7) is 1.41. The van der Waals surface area contributed by atoms with Crippen LogP contribution in [0.4, 0.5) is 4.39 Å². The van der Waals surface area contributed by atoms with Crippen LogP contribution in [0.3, 0.4) is 0 Å². The van der Waals surface area contributed by atoms with E-state index < -0.39 is 21.2 Å². The molecular weight excluding hydrogens is 207 g/mol. The van der Waals surface area contributed by atoms with E-state index in [-0.39, 0.29) is 5.75 Å². The van der Waals surface area contributed by atoms with Crippen LogP contribution in [-0.2, 0) is 15.4 Å². The summed E-state index contributed by atoms with van der Waals surface area (Å²) in [5.41, 5.74) is 0.314. The van der Waals surface area contributed by atoms with Gasteiger partial charge in [0.1, 0.15) is 5.82 Å². The first kappa shape index (κ1) is 11.3. The lowest BCUT2D eigenvalue weighted by atomic mass is 10.2. The first-order valence-corrected chi connectivity index (χ1v) is 6.40. The van der Waals surface area contributed by atoms with E-state index in [0.29, 0.717) is 5.56 Å². The van der Waals surface area contributed by atoms with E-state index in [1.165, 1.54) is 25.1 Å². The van der Waals surface area contributed by atoms with Crippen molar-refractivity contribution in [1.29, 1.82) is 0 Å². The van der Waals surface area contributed by atoms with Crippen LogP contribution in [0, 0.1) is 5.82 Å². The van der Waals surface area contributed by atoms with E-state index in [0.717, 1.165) is 6.07 Å². The van der Waals surface area contributed by atoms with Crippen LogP contribution in [0.25, 0.3) is 0 Å². The lowest BCUT2D eigenvalue weighted by Gasteiger charge is -2.29. The van der Waals surface area contributed by atoms with Gasteiger partial charge in [-0.25, -0.2) is 8.60 Å². The smallest absolute Gasteiger partial charge is 0.123 e. The highest BCUT2D eigenvalue weighted by molar-refractivity contribution is 8.09.